The molecule has 0 radical (unpaired) electrons. The molecule has 0 amide bonds. The fourth-order valence-electron chi connectivity index (χ4n) is 9.50. The van der Waals surface area contributed by atoms with E-state index in [9.17, 15) is 16.8 Å². The summed E-state index contributed by atoms with van der Waals surface area (Å²) in [7, 11) is -6.25. The van der Waals surface area contributed by atoms with Gasteiger partial charge in [0.2, 0.25) is 20.0 Å². The lowest BCUT2D eigenvalue weighted by Crippen LogP contribution is -2.44. The zero-order valence-corrected chi connectivity index (χ0v) is 32.4. The van der Waals surface area contributed by atoms with Gasteiger partial charge in [-0.3, -0.25) is 8.80 Å². The third-order valence-corrected chi connectivity index (χ3v) is 16.6. The minimum atomic E-state index is -3.12. The monoisotopic (exact) mass is 776 g/mol. The summed E-state index contributed by atoms with van der Waals surface area (Å²) >= 11 is 0. The van der Waals surface area contributed by atoms with E-state index < -0.39 is 20.0 Å². The van der Waals surface area contributed by atoms with Crippen molar-refractivity contribution < 1.29 is 16.8 Å². The van der Waals surface area contributed by atoms with Gasteiger partial charge in [-0.05, 0) is 74.3 Å². The summed E-state index contributed by atoms with van der Waals surface area (Å²) < 4.78 is 57.8. The highest BCUT2D eigenvalue weighted by atomic mass is 32.2. The average Bonchev–Trinajstić information content (AvgIpc) is 3.93. The van der Waals surface area contributed by atoms with Gasteiger partial charge in [-0.1, -0.05) is 26.7 Å². The van der Waals surface area contributed by atoms with Gasteiger partial charge < -0.3 is 9.97 Å². The Labute approximate surface area is 314 Å². The van der Waals surface area contributed by atoms with Gasteiger partial charge in [0, 0.05) is 50.4 Å². The van der Waals surface area contributed by atoms with Crippen molar-refractivity contribution in [3.8, 4) is 0 Å². The summed E-state index contributed by atoms with van der Waals surface area (Å²) in [4.78, 5) is 15.0. The van der Waals surface area contributed by atoms with Crippen LogP contribution in [-0.2, 0) is 20.0 Å². The summed E-state index contributed by atoms with van der Waals surface area (Å²) in [5.41, 5.74) is 5.04. The first kappa shape index (κ1) is 35.7. The Morgan fingerprint density at radius 2 is 1.06 bits per heavy atom. The van der Waals surface area contributed by atoms with Crippen molar-refractivity contribution in [2.75, 3.05) is 37.7 Å². The molecule has 0 aromatic carbocycles. The highest BCUT2D eigenvalue weighted by Gasteiger charge is 2.42. The molecule has 4 fully saturated rings. The number of fused-ring (bicyclic) bond motifs is 6. The molecule has 4 aliphatic rings. The summed E-state index contributed by atoms with van der Waals surface area (Å²) in [6, 6.07) is 3.98. The van der Waals surface area contributed by atoms with Crippen LogP contribution in [0.2, 0.25) is 0 Å². The van der Waals surface area contributed by atoms with E-state index in [2.05, 4.69) is 63.0 Å². The summed E-state index contributed by atoms with van der Waals surface area (Å²) in [5.74, 6) is 4.06. The van der Waals surface area contributed by atoms with Crippen molar-refractivity contribution in [2.24, 2.45) is 23.7 Å². The summed E-state index contributed by atoms with van der Waals surface area (Å²) in [5, 5.41) is 17.6. The van der Waals surface area contributed by atoms with Gasteiger partial charge in [-0.25, -0.2) is 35.4 Å². The zero-order valence-electron chi connectivity index (χ0n) is 30.7. The lowest BCUT2D eigenvalue weighted by molar-refractivity contribution is 0.306. The van der Waals surface area contributed by atoms with Crippen LogP contribution < -0.4 is 0 Å². The highest BCUT2D eigenvalue weighted by molar-refractivity contribution is 7.89. The Bertz CT molecular complexity index is 2340. The van der Waals surface area contributed by atoms with Gasteiger partial charge in [0.25, 0.3) is 0 Å². The van der Waals surface area contributed by atoms with Gasteiger partial charge in [0.15, 0.2) is 22.6 Å². The Morgan fingerprint density at radius 3 is 1.43 bits per heavy atom. The van der Waals surface area contributed by atoms with Crippen molar-refractivity contribution in [1.82, 2.24) is 57.7 Å². The normalized spacial score (nSPS) is 26.8. The van der Waals surface area contributed by atoms with Crippen LogP contribution in [0, 0.1) is 23.7 Å². The van der Waals surface area contributed by atoms with Gasteiger partial charge in [-0.15, -0.1) is 20.4 Å². The second kappa shape index (κ2) is 13.9. The molecule has 6 atom stereocenters. The van der Waals surface area contributed by atoms with Crippen LogP contribution >= 0.6 is 0 Å². The van der Waals surface area contributed by atoms with Gasteiger partial charge >= 0.3 is 0 Å². The fraction of sp³-hybridized carbons (Fsp3) is 0.611. The Kier molecular flexibility index (Phi) is 9.21. The van der Waals surface area contributed by atoms with Crippen molar-refractivity contribution in [1.29, 1.82) is 0 Å². The molecule has 2 N–H and O–H groups in total. The van der Waals surface area contributed by atoms with Crippen LogP contribution in [-0.4, -0.2) is 112 Å². The first-order chi connectivity index (χ1) is 26.1. The van der Waals surface area contributed by atoms with E-state index in [1.54, 1.807) is 21.0 Å². The number of H-pyrrole nitrogens is 2. The average molecular weight is 777 g/mol. The van der Waals surface area contributed by atoms with E-state index in [-0.39, 0.29) is 35.2 Å². The molecule has 6 aromatic heterocycles. The molecule has 54 heavy (non-hydrogen) atoms. The van der Waals surface area contributed by atoms with Crippen molar-refractivity contribution >= 4 is 53.7 Å². The molecule has 0 spiro atoms. The molecule has 6 aromatic rings. The summed E-state index contributed by atoms with van der Waals surface area (Å²) in [6.07, 6.45) is 14.8. The van der Waals surface area contributed by atoms with Gasteiger partial charge in [0.05, 0.1) is 34.9 Å². The maximum Gasteiger partial charge on any atom is 0.214 e. The van der Waals surface area contributed by atoms with Crippen LogP contribution in [0.3, 0.4) is 0 Å². The largest absolute Gasteiger partial charge is 0.345 e. The standard InChI is InChI=1S/2C18H24N6O2S/c2*1-2-13-8-12(11-27(25,26)23-6-3-7-23)9-14(13)18-22-21-16-10-20-17-15(24(16)18)4-5-19-17/h2*4-5,10,12-14,19H,2-3,6-9,11H2,1H3/t2*12-,13+,14+/m10/s1. The van der Waals surface area contributed by atoms with E-state index in [0.29, 0.717) is 38.0 Å². The highest BCUT2D eigenvalue weighted by Crippen LogP contribution is 2.46. The van der Waals surface area contributed by atoms with Crippen molar-refractivity contribution in [3.05, 3.63) is 48.6 Å². The van der Waals surface area contributed by atoms with Crippen LogP contribution in [0.1, 0.15) is 88.7 Å². The molecule has 288 valence electrons. The topological polar surface area (TPSA) is 192 Å². The molecule has 2 aliphatic carbocycles. The fourth-order valence-corrected chi connectivity index (χ4v) is 13.3. The zero-order chi connectivity index (χ0) is 37.2. The third-order valence-electron chi connectivity index (χ3n) is 12.5. The molecule has 18 heteroatoms. The number of nitrogens with zero attached hydrogens (tertiary/aromatic N) is 10. The van der Waals surface area contributed by atoms with E-state index in [0.717, 1.165) is 96.6 Å². The van der Waals surface area contributed by atoms with Crippen molar-refractivity contribution in [2.45, 2.75) is 77.0 Å². The van der Waals surface area contributed by atoms with Crippen LogP contribution in [0.5, 0.6) is 0 Å². The minimum absolute atomic E-state index is 0.182. The Morgan fingerprint density at radius 1 is 0.630 bits per heavy atom. The lowest BCUT2D eigenvalue weighted by atomic mass is 9.93. The second-order valence-corrected chi connectivity index (χ2v) is 19.8. The maximum absolute atomic E-state index is 12.6. The van der Waals surface area contributed by atoms with E-state index >= 15 is 0 Å². The van der Waals surface area contributed by atoms with E-state index in [1.807, 2.05) is 24.5 Å². The molecular weight excluding hydrogens is 729 g/mol. The number of hydrogen-bond donors (Lipinski definition) is 2. The SMILES string of the molecule is CC[C@@H]1C[C@H](CS(=O)(=O)N2CCC2)C[C@H]1c1nnc2cnc3[nH]ccc3n12.CC[C@H]1C[C@@H](CS(=O)(=O)N2CCC2)C[C@@H]1c1nnc2cnc3[nH]ccc3n12. The molecule has 2 aliphatic heterocycles. The lowest BCUT2D eigenvalue weighted by Gasteiger charge is -2.30. The molecule has 16 nitrogen and oxygen atoms in total. The Balaban J connectivity index is 0.000000142. The molecule has 10 rings (SSSR count). The smallest absolute Gasteiger partial charge is 0.214 e. The first-order valence-corrected chi connectivity index (χ1v) is 22.6. The van der Waals surface area contributed by atoms with E-state index in [1.165, 1.54) is 0 Å². The predicted molar refractivity (Wildman–Crippen MR) is 204 cm³/mol. The third kappa shape index (κ3) is 6.27. The number of hydrogen-bond acceptors (Lipinski definition) is 10. The minimum Gasteiger partial charge on any atom is -0.345 e. The molecule has 2 saturated heterocycles. The maximum atomic E-state index is 12.6. The number of aromatic nitrogens is 10. The van der Waals surface area contributed by atoms with Crippen LogP contribution in [0.4, 0.5) is 0 Å². The first-order valence-electron chi connectivity index (χ1n) is 19.4. The second-order valence-electron chi connectivity index (χ2n) is 15.7. The Hall–Kier alpha value is -4.00. The number of nitrogens with one attached hydrogen (secondary N) is 2. The van der Waals surface area contributed by atoms with Crippen molar-refractivity contribution in [3.63, 3.8) is 0 Å². The van der Waals surface area contributed by atoms with Crippen LogP contribution in [0.15, 0.2) is 36.9 Å². The quantitative estimate of drug-likeness (QED) is 0.203. The van der Waals surface area contributed by atoms with Crippen LogP contribution in [0.25, 0.3) is 33.6 Å². The molecule has 0 unspecified atom stereocenters. The molecular formula is C36H48N12O4S2. The van der Waals surface area contributed by atoms with Gasteiger partial charge in [0.1, 0.15) is 11.6 Å². The molecule has 8 heterocycles. The van der Waals surface area contributed by atoms with Gasteiger partial charge in [-0.2, -0.15) is 0 Å². The number of sulfonamides is 2. The molecule has 0 bridgehead atoms. The van der Waals surface area contributed by atoms with E-state index in [4.69, 9.17) is 0 Å². The molecule has 2 saturated carbocycles. The number of rotatable bonds is 10. The number of aromatic amines is 2. The predicted octanol–water partition coefficient (Wildman–Crippen LogP) is 4.32. The summed E-state index contributed by atoms with van der Waals surface area (Å²) in [6.45, 7) is 7.10.